The highest BCUT2D eigenvalue weighted by molar-refractivity contribution is 7.89. The molecule has 2 rings (SSSR count). The maximum Gasteiger partial charge on any atom is 0.265 e. The number of sulfonamides is 1. The van der Waals surface area contributed by atoms with Crippen molar-refractivity contribution in [3.63, 3.8) is 0 Å². The van der Waals surface area contributed by atoms with Gasteiger partial charge in [-0.3, -0.25) is 4.79 Å². The van der Waals surface area contributed by atoms with Gasteiger partial charge in [0.1, 0.15) is 11.5 Å². The zero-order chi connectivity index (χ0) is 21.6. The van der Waals surface area contributed by atoms with Crippen molar-refractivity contribution in [1.82, 2.24) is 4.72 Å². The monoisotopic (exact) mass is 440 g/mol. The van der Waals surface area contributed by atoms with E-state index < -0.39 is 22.0 Å². The fourth-order valence-electron chi connectivity index (χ4n) is 2.56. The number of rotatable bonds is 9. The van der Waals surface area contributed by atoms with E-state index in [0.29, 0.717) is 22.9 Å². The Kier molecular flexibility index (Phi) is 7.89. The summed E-state index contributed by atoms with van der Waals surface area (Å²) in [7, 11) is -2.29. The van der Waals surface area contributed by atoms with E-state index in [2.05, 4.69) is 10.0 Å². The van der Waals surface area contributed by atoms with Crippen molar-refractivity contribution in [2.75, 3.05) is 12.4 Å². The normalized spacial score (nSPS) is 12.5. The average Bonchev–Trinajstić information content (AvgIpc) is 2.66. The SMILES string of the molecule is CCC(Oc1ccccc1Cl)C(=O)Nc1cc(S(=O)(=O)NC(C)C)ccc1OC. The quantitative estimate of drug-likeness (QED) is 0.618. The number of carbonyl (C=O) groups is 1. The molecule has 0 aliphatic rings. The molecule has 1 unspecified atom stereocenters. The molecule has 0 heterocycles. The molecular weight excluding hydrogens is 416 g/mol. The van der Waals surface area contributed by atoms with Crippen molar-refractivity contribution in [2.45, 2.75) is 44.2 Å². The number of amides is 1. The van der Waals surface area contributed by atoms with Crippen LogP contribution in [0, 0.1) is 0 Å². The summed E-state index contributed by atoms with van der Waals surface area (Å²) in [6.45, 7) is 5.25. The van der Waals surface area contributed by atoms with Crippen molar-refractivity contribution in [3.8, 4) is 11.5 Å². The zero-order valence-electron chi connectivity index (χ0n) is 16.7. The first-order valence-electron chi connectivity index (χ1n) is 9.10. The molecule has 0 saturated carbocycles. The molecule has 0 radical (unpaired) electrons. The third kappa shape index (κ3) is 6.09. The van der Waals surface area contributed by atoms with Gasteiger partial charge in [-0.25, -0.2) is 13.1 Å². The van der Waals surface area contributed by atoms with Gasteiger partial charge in [0.05, 0.1) is 22.7 Å². The van der Waals surface area contributed by atoms with Crippen LogP contribution in [0.25, 0.3) is 0 Å². The second-order valence-electron chi connectivity index (χ2n) is 6.57. The summed E-state index contributed by atoms with van der Waals surface area (Å²) < 4.78 is 38.4. The lowest BCUT2D eigenvalue weighted by atomic mass is 10.2. The van der Waals surface area contributed by atoms with Gasteiger partial charge in [0, 0.05) is 6.04 Å². The van der Waals surface area contributed by atoms with Crippen LogP contribution in [-0.2, 0) is 14.8 Å². The van der Waals surface area contributed by atoms with E-state index in [4.69, 9.17) is 21.1 Å². The number of hydrogen-bond acceptors (Lipinski definition) is 5. The van der Waals surface area contributed by atoms with Crippen LogP contribution in [0.5, 0.6) is 11.5 Å². The van der Waals surface area contributed by atoms with Crippen molar-refractivity contribution < 1.29 is 22.7 Å². The minimum absolute atomic E-state index is 0.0161. The summed E-state index contributed by atoms with van der Waals surface area (Å²) in [6.07, 6.45) is -0.444. The number of hydrogen-bond donors (Lipinski definition) is 2. The minimum atomic E-state index is -3.73. The van der Waals surface area contributed by atoms with E-state index in [0.717, 1.165) is 0 Å². The van der Waals surface area contributed by atoms with Crippen molar-refractivity contribution in [1.29, 1.82) is 0 Å². The number of benzene rings is 2. The van der Waals surface area contributed by atoms with Crippen molar-refractivity contribution in [2.24, 2.45) is 0 Å². The molecule has 0 spiro atoms. The third-order valence-electron chi connectivity index (χ3n) is 3.90. The predicted octanol–water partition coefficient (Wildman–Crippen LogP) is 3.83. The van der Waals surface area contributed by atoms with Gasteiger partial charge in [0.2, 0.25) is 10.0 Å². The number of halogens is 1. The maximum absolute atomic E-state index is 12.8. The van der Waals surface area contributed by atoms with Gasteiger partial charge in [0.15, 0.2) is 6.10 Å². The molecule has 0 aliphatic carbocycles. The number of carbonyl (C=O) groups excluding carboxylic acids is 1. The predicted molar refractivity (Wildman–Crippen MR) is 113 cm³/mol. The van der Waals surface area contributed by atoms with Crippen LogP contribution in [0.3, 0.4) is 0 Å². The first-order chi connectivity index (χ1) is 13.7. The maximum atomic E-state index is 12.8. The van der Waals surface area contributed by atoms with Crippen LogP contribution in [0.2, 0.25) is 5.02 Å². The van der Waals surface area contributed by atoms with E-state index in [1.54, 1.807) is 45.0 Å². The Labute approximate surface area is 176 Å². The Morgan fingerprint density at radius 2 is 1.83 bits per heavy atom. The van der Waals surface area contributed by atoms with Crippen LogP contribution >= 0.6 is 11.6 Å². The van der Waals surface area contributed by atoms with Gasteiger partial charge in [-0.2, -0.15) is 0 Å². The number of nitrogens with one attached hydrogen (secondary N) is 2. The van der Waals surface area contributed by atoms with E-state index in [9.17, 15) is 13.2 Å². The molecule has 1 amide bonds. The fraction of sp³-hybridized carbons (Fsp3) is 0.350. The standard InChI is InChI=1S/C20H25ClN2O5S/c1-5-17(28-18-9-7-6-8-15(18)21)20(24)22-16-12-14(10-11-19(16)27-4)29(25,26)23-13(2)3/h6-13,17,23H,5H2,1-4H3,(H,22,24). The Morgan fingerprint density at radius 3 is 2.41 bits per heavy atom. The lowest BCUT2D eigenvalue weighted by Gasteiger charge is -2.19. The van der Waals surface area contributed by atoms with Crippen molar-refractivity contribution in [3.05, 3.63) is 47.5 Å². The van der Waals surface area contributed by atoms with Gasteiger partial charge in [-0.1, -0.05) is 30.7 Å². The highest BCUT2D eigenvalue weighted by Gasteiger charge is 2.23. The molecule has 0 fully saturated rings. The van der Waals surface area contributed by atoms with Crippen LogP contribution < -0.4 is 19.5 Å². The van der Waals surface area contributed by atoms with E-state index >= 15 is 0 Å². The zero-order valence-corrected chi connectivity index (χ0v) is 18.3. The summed E-state index contributed by atoms with van der Waals surface area (Å²) in [6, 6.07) is 10.8. The Hall–Kier alpha value is -2.29. The average molecular weight is 441 g/mol. The summed E-state index contributed by atoms with van der Waals surface area (Å²) >= 11 is 6.10. The highest BCUT2D eigenvalue weighted by Crippen LogP contribution is 2.29. The van der Waals surface area contributed by atoms with Gasteiger partial charge < -0.3 is 14.8 Å². The van der Waals surface area contributed by atoms with E-state index in [-0.39, 0.29) is 16.6 Å². The summed E-state index contributed by atoms with van der Waals surface area (Å²) in [4.78, 5) is 12.8. The summed E-state index contributed by atoms with van der Waals surface area (Å²) in [5.74, 6) is 0.270. The largest absolute Gasteiger partial charge is 0.495 e. The van der Waals surface area contributed by atoms with Crippen LogP contribution in [-0.4, -0.2) is 33.6 Å². The Morgan fingerprint density at radius 1 is 1.14 bits per heavy atom. The number of methoxy groups -OCH3 is 1. The second-order valence-corrected chi connectivity index (χ2v) is 8.69. The molecule has 2 N–H and O–H groups in total. The van der Waals surface area contributed by atoms with Crippen LogP contribution in [0.4, 0.5) is 5.69 Å². The van der Waals surface area contributed by atoms with Crippen LogP contribution in [0.15, 0.2) is 47.4 Å². The molecule has 7 nitrogen and oxygen atoms in total. The van der Waals surface area contributed by atoms with Crippen molar-refractivity contribution >= 4 is 33.2 Å². The summed E-state index contributed by atoms with van der Waals surface area (Å²) in [5.41, 5.74) is 0.227. The van der Waals surface area contributed by atoms with E-state index in [1.165, 1.54) is 25.3 Å². The Bertz CT molecular complexity index is 963. The van der Waals surface area contributed by atoms with Crippen LogP contribution in [0.1, 0.15) is 27.2 Å². The Balaban J connectivity index is 2.27. The molecule has 2 aromatic carbocycles. The molecule has 2 aromatic rings. The molecule has 1 atom stereocenters. The molecule has 0 aliphatic heterocycles. The topological polar surface area (TPSA) is 93.7 Å². The molecular formula is C20H25ClN2O5S. The second kappa shape index (κ2) is 9.96. The lowest BCUT2D eigenvalue weighted by Crippen LogP contribution is -2.33. The third-order valence-corrected chi connectivity index (χ3v) is 5.87. The highest BCUT2D eigenvalue weighted by atomic mass is 35.5. The first kappa shape index (κ1) is 23.0. The lowest BCUT2D eigenvalue weighted by molar-refractivity contribution is -0.122. The van der Waals surface area contributed by atoms with Gasteiger partial charge in [-0.05, 0) is 50.6 Å². The fourth-order valence-corrected chi connectivity index (χ4v) is 4.02. The molecule has 158 valence electrons. The molecule has 29 heavy (non-hydrogen) atoms. The molecule has 0 saturated heterocycles. The van der Waals surface area contributed by atoms with E-state index in [1.807, 2.05) is 0 Å². The number of ether oxygens (including phenoxy) is 2. The molecule has 0 aromatic heterocycles. The van der Waals surface area contributed by atoms with Gasteiger partial charge in [0.25, 0.3) is 5.91 Å². The van der Waals surface area contributed by atoms with Gasteiger partial charge in [-0.15, -0.1) is 0 Å². The summed E-state index contributed by atoms with van der Waals surface area (Å²) in [5, 5.41) is 3.09. The molecule has 0 bridgehead atoms. The minimum Gasteiger partial charge on any atom is -0.495 e. The molecule has 9 heteroatoms. The number of para-hydroxylation sites is 1. The van der Waals surface area contributed by atoms with Gasteiger partial charge >= 0.3 is 0 Å². The first-order valence-corrected chi connectivity index (χ1v) is 11.0. The number of anilines is 1. The smallest absolute Gasteiger partial charge is 0.265 e.